The van der Waals surface area contributed by atoms with Crippen LogP contribution in [0.4, 0.5) is 0 Å². The molecule has 0 aromatic heterocycles. The minimum atomic E-state index is 0.175. The average Bonchev–Trinajstić information content (AvgIpc) is 2.41. The second-order valence-electron chi connectivity index (χ2n) is 11.4. The summed E-state index contributed by atoms with van der Waals surface area (Å²) in [5.74, 6) is 0. The molecule has 4 heteroatoms. The highest BCUT2D eigenvalue weighted by Crippen LogP contribution is 2.35. The minimum Gasteiger partial charge on any atom is -0.348 e. The number of nitrogens with one attached hydrogen (secondary N) is 2. The minimum absolute atomic E-state index is 0.175. The first-order valence-corrected chi connectivity index (χ1v) is 10.3. The van der Waals surface area contributed by atoms with Crippen LogP contribution in [0.3, 0.4) is 0 Å². The zero-order valence-corrected chi connectivity index (χ0v) is 18.2. The van der Waals surface area contributed by atoms with Gasteiger partial charge < -0.3 is 20.4 Å². The monoisotopic (exact) mass is 360 g/mol. The lowest BCUT2D eigenvalue weighted by molar-refractivity contribution is 0.0972. The van der Waals surface area contributed by atoms with Crippen molar-refractivity contribution in [3.63, 3.8) is 0 Å². The van der Waals surface area contributed by atoms with Gasteiger partial charge in [0.05, 0.1) is 0 Å². The maximum absolute atomic E-state index is 3.79. The van der Waals surface area contributed by atoms with Crippen molar-refractivity contribution in [3.8, 4) is 0 Å². The van der Waals surface area contributed by atoms with Gasteiger partial charge in [-0.05, 0) is 81.1 Å². The molecule has 0 radical (unpaired) electrons. The third kappa shape index (κ3) is 4.64. The van der Waals surface area contributed by atoms with Crippen molar-refractivity contribution in [2.45, 2.75) is 115 Å². The molecule has 0 saturated carbocycles. The SMILES string of the molecule is CC1(C)CC(N2C=CN(C3CC(C)(C)NC(C)(C)C3)C=C2)CC(C)(C)N1. The van der Waals surface area contributed by atoms with Crippen molar-refractivity contribution in [1.29, 1.82) is 0 Å². The van der Waals surface area contributed by atoms with E-state index in [1.54, 1.807) is 0 Å². The Morgan fingerprint density at radius 2 is 0.769 bits per heavy atom. The molecule has 3 rings (SSSR count). The summed E-state index contributed by atoms with van der Waals surface area (Å²) < 4.78 is 0. The molecule has 3 heterocycles. The number of hydrogen-bond donors (Lipinski definition) is 2. The Kier molecular flexibility index (Phi) is 4.76. The Labute approximate surface area is 161 Å². The summed E-state index contributed by atoms with van der Waals surface area (Å²) in [4.78, 5) is 4.86. The first kappa shape index (κ1) is 19.8. The van der Waals surface area contributed by atoms with Gasteiger partial charge in [0.2, 0.25) is 0 Å². The summed E-state index contributed by atoms with van der Waals surface area (Å²) >= 11 is 0. The Hall–Kier alpha value is -1.00. The molecule has 2 saturated heterocycles. The standard InChI is InChI=1S/C22H40N4/c1-19(2)13-17(14-20(3,4)23-19)25-9-11-26(12-10-25)18-15-21(5,6)24-22(7,8)16-18/h9-12,17-18,23-24H,13-16H2,1-8H3. The summed E-state index contributed by atoms with van der Waals surface area (Å²) in [6.45, 7) is 18.6. The fourth-order valence-corrected chi connectivity index (χ4v) is 5.85. The lowest BCUT2D eigenvalue weighted by Crippen LogP contribution is -2.62. The molecule has 2 N–H and O–H groups in total. The number of rotatable bonds is 2. The predicted molar refractivity (Wildman–Crippen MR) is 111 cm³/mol. The lowest BCUT2D eigenvalue weighted by atomic mass is 9.78. The number of piperidine rings is 2. The predicted octanol–water partition coefficient (Wildman–Crippen LogP) is 4.16. The largest absolute Gasteiger partial charge is 0.348 e. The first-order valence-electron chi connectivity index (χ1n) is 10.3. The molecule has 4 nitrogen and oxygen atoms in total. The fraction of sp³-hybridized carbons (Fsp3) is 0.818. The normalized spacial score (nSPS) is 30.6. The third-order valence-corrected chi connectivity index (χ3v) is 6.00. The van der Waals surface area contributed by atoms with Gasteiger partial charge in [0.15, 0.2) is 0 Å². The summed E-state index contributed by atoms with van der Waals surface area (Å²) in [6.07, 6.45) is 13.8. The van der Waals surface area contributed by atoms with E-state index >= 15 is 0 Å². The summed E-state index contributed by atoms with van der Waals surface area (Å²) in [5, 5.41) is 7.57. The van der Waals surface area contributed by atoms with Crippen LogP contribution >= 0.6 is 0 Å². The van der Waals surface area contributed by atoms with Crippen LogP contribution in [0.15, 0.2) is 24.8 Å². The van der Waals surface area contributed by atoms with Crippen LogP contribution < -0.4 is 10.6 Å². The topological polar surface area (TPSA) is 30.5 Å². The van der Waals surface area contributed by atoms with Crippen LogP contribution in [-0.2, 0) is 0 Å². The van der Waals surface area contributed by atoms with Gasteiger partial charge in [-0.25, -0.2) is 0 Å². The molecule has 0 aromatic rings. The molecule has 0 unspecified atom stereocenters. The van der Waals surface area contributed by atoms with Gasteiger partial charge in [0, 0.05) is 59.0 Å². The Morgan fingerprint density at radius 1 is 0.538 bits per heavy atom. The zero-order valence-electron chi connectivity index (χ0n) is 18.2. The first-order chi connectivity index (χ1) is 11.8. The summed E-state index contributed by atoms with van der Waals surface area (Å²) in [7, 11) is 0. The van der Waals surface area contributed by atoms with Crippen LogP contribution in [0.25, 0.3) is 0 Å². The third-order valence-electron chi connectivity index (χ3n) is 6.00. The molecule has 0 aromatic carbocycles. The van der Waals surface area contributed by atoms with Gasteiger partial charge in [-0.15, -0.1) is 0 Å². The van der Waals surface area contributed by atoms with Crippen molar-refractivity contribution in [2.75, 3.05) is 0 Å². The van der Waals surface area contributed by atoms with E-state index in [1.807, 2.05) is 0 Å². The van der Waals surface area contributed by atoms with E-state index in [0.29, 0.717) is 12.1 Å². The van der Waals surface area contributed by atoms with E-state index in [1.165, 1.54) is 25.7 Å². The van der Waals surface area contributed by atoms with Crippen molar-refractivity contribution < 1.29 is 0 Å². The van der Waals surface area contributed by atoms with Gasteiger partial charge in [0.25, 0.3) is 0 Å². The molecule has 3 aliphatic rings. The van der Waals surface area contributed by atoms with Gasteiger partial charge in [-0.1, -0.05) is 0 Å². The molecule has 0 aliphatic carbocycles. The van der Waals surface area contributed by atoms with E-state index in [2.05, 4.69) is 101 Å². The average molecular weight is 361 g/mol. The van der Waals surface area contributed by atoms with Gasteiger partial charge in [0.1, 0.15) is 0 Å². The second-order valence-corrected chi connectivity index (χ2v) is 11.4. The van der Waals surface area contributed by atoms with E-state index in [4.69, 9.17) is 0 Å². The number of nitrogens with zero attached hydrogens (tertiary/aromatic N) is 2. The van der Waals surface area contributed by atoms with Gasteiger partial charge in [-0.3, -0.25) is 0 Å². The van der Waals surface area contributed by atoms with Crippen molar-refractivity contribution >= 4 is 0 Å². The highest BCUT2D eigenvalue weighted by atomic mass is 15.2. The van der Waals surface area contributed by atoms with Crippen molar-refractivity contribution in [2.24, 2.45) is 0 Å². The molecule has 26 heavy (non-hydrogen) atoms. The number of hydrogen-bond acceptors (Lipinski definition) is 4. The van der Waals surface area contributed by atoms with Gasteiger partial charge >= 0.3 is 0 Å². The Morgan fingerprint density at radius 3 is 1.00 bits per heavy atom. The molecule has 0 atom stereocenters. The molecule has 148 valence electrons. The highest BCUT2D eigenvalue weighted by molar-refractivity contribution is 5.11. The van der Waals surface area contributed by atoms with E-state index in [-0.39, 0.29) is 22.2 Å². The van der Waals surface area contributed by atoms with Crippen molar-refractivity contribution in [1.82, 2.24) is 20.4 Å². The molecule has 0 spiro atoms. The Balaban J connectivity index is 1.68. The summed E-state index contributed by atoms with van der Waals surface area (Å²) in [5.41, 5.74) is 0.700. The second kappa shape index (κ2) is 6.27. The fourth-order valence-electron chi connectivity index (χ4n) is 5.85. The van der Waals surface area contributed by atoms with Crippen LogP contribution in [0.1, 0.15) is 81.1 Å². The molecule has 0 amide bonds. The van der Waals surface area contributed by atoms with E-state index < -0.39 is 0 Å². The lowest BCUT2D eigenvalue weighted by Gasteiger charge is -2.51. The maximum Gasteiger partial charge on any atom is 0.0366 e. The Bertz CT molecular complexity index is 489. The van der Waals surface area contributed by atoms with Crippen LogP contribution in [0, 0.1) is 0 Å². The highest BCUT2D eigenvalue weighted by Gasteiger charge is 2.41. The smallest absolute Gasteiger partial charge is 0.0366 e. The zero-order chi connectivity index (χ0) is 19.4. The molecule has 2 fully saturated rings. The quantitative estimate of drug-likeness (QED) is 0.774. The van der Waals surface area contributed by atoms with Crippen LogP contribution in [0.5, 0.6) is 0 Å². The van der Waals surface area contributed by atoms with Crippen molar-refractivity contribution in [3.05, 3.63) is 24.8 Å². The molecular weight excluding hydrogens is 320 g/mol. The molecule has 0 bridgehead atoms. The van der Waals surface area contributed by atoms with Crippen LogP contribution in [-0.4, -0.2) is 44.0 Å². The van der Waals surface area contributed by atoms with E-state index in [9.17, 15) is 0 Å². The maximum atomic E-state index is 3.79. The van der Waals surface area contributed by atoms with E-state index in [0.717, 1.165) is 0 Å². The van der Waals surface area contributed by atoms with Crippen LogP contribution in [0.2, 0.25) is 0 Å². The van der Waals surface area contributed by atoms with Gasteiger partial charge in [-0.2, -0.15) is 0 Å². The molecular formula is C22H40N4. The molecule has 3 aliphatic heterocycles. The summed E-state index contributed by atoms with van der Waals surface area (Å²) in [6, 6.07) is 1.11.